The molecule has 0 aliphatic heterocycles. The predicted octanol–water partition coefficient (Wildman–Crippen LogP) is 2.52. The monoisotopic (exact) mass is 193 g/mol. The Morgan fingerprint density at radius 2 is 2.07 bits per heavy atom. The van der Waals surface area contributed by atoms with Crippen LogP contribution in [-0.2, 0) is 4.79 Å². The molecule has 0 heterocycles. The summed E-state index contributed by atoms with van der Waals surface area (Å²) in [5, 5.41) is 0. The van der Waals surface area contributed by atoms with Crippen LogP contribution in [0.15, 0.2) is 23.3 Å². The Kier molecular flexibility index (Phi) is 3.93. The van der Waals surface area contributed by atoms with E-state index in [-0.39, 0.29) is 5.91 Å². The highest BCUT2D eigenvalue weighted by molar-refractivity contribution is 5.96. The number of allylic oxidation sites excluding steroid dienone is 2. The molecule has 1 amide bonds. The van der Waals surface area contributed by atoms with Crippen molar-refractivity contribution in [2.75, 3.05) is 13.1 Å². The van der Waals surface area contributed by atoms with Crippen molar-refractivity contribution in [3.05, 3.63) is 23.3 Å². The first-order valence-corrected chi connectivity index (χ1v) is 5.35. The molecule has 0 radical (unpaired) electrons. The lowest BCUT2D eigenvalue weighted by Crippen LogP contribution is -2.31. The molecule has 0 saturated carbocycles. The van der Waals surface area contributed by atoms with Crippen LogP contribution >= 0.6 is 0 Å². The van der Waals surface area contributed by atoms with E-state index in [4.69, 9.17) is 0 Å². The number of nitrogens with zero attached hydrogens (tertiary/aromatic N) is 1. The van der Waals surface area contributed by atoms with Gasteiger partial charge in [-0.25, -0.2) is 0 Å². The van der Waals surface area contributed by atoms with Crippen molar-refractivity contribution in [3.63, 3.8) is 0 Å². The Balaban J connectivity index is 2.74. The lowest BCUT2D eigenvalue weighted by molar-refractivity contribution is -0.126. The molecule has 2 heteroatoms. The largest absolute Gasteiger partial charge is 0.339 e. The fourth-order valence-corrected chi connectivity index (χ4v) is 1.69. The minimum atomic E-state index is 0.175. The zero-order valence-corrected chi connectivity index (χ0v) is 9.34. The van der Waals surface area contributed by atoms with Gasteiger partial charge in [-0.1, -0.05) is 17.7 Å². The van der Waals surface area contributed by atoms with Gasteiger partial charge in [0.25, 0.3) is 5.91 Å². The second kappa shape index (κ2) is 4.99. The van der Waals surface area contributed by atoms with Crippen molar-refractivity contribution in [2.45, 2.75) is 33.6 Å². The molecule has 0 atom stereocenters. The van der Waals surface area contributed by atoms with Crippen LogP contribution in [0.1, 0.15) is 33.6 Å². The first-order valence-electron chi connectivity index (χ1n) is 5.35. The fourth-order valence-electron chi connectivity index (χ4n) is 1.69. The average Bonchev–Trinajstić information content (AvgIpc) is 2.19. The molecule has 0 saturated heterocycles. The van der Waals surface area contributed by atoms with Gasteiger partial charge in [0, 0.05) is 18.7 Å². The number of rotatable bonds is 3. The Morgan fingerprint density at radius 1 is 1.43 bits per heavy atom. The predicted molar refractivity (Wildman–Crippen MR) is 59.0 cm³/mol. The van der Waals surface area contributed by atoms with E-state index < -0.39 is 0 Å². The van der Waals surface area contributed by atoms with Crippen LogP contribution in [-0.4, -0.2) is 23.9 Å². The quantitative estimate of drug-likeness (QED) is 0.674. The van der Waals surface area contributed by atoms with E-state index in [2.05, 4.69) is 6.92 Å². The zero-order chi connectivity index (χ0) is 10.6. The first-order chi connectivity index (χ1) is 6.69. The van der Waals surface area contributed by atoms with Crippen molar-refractivity contribution < 1.29 is 4.79 Å². The molecule has 0 spiro atoms. The van der Waals surface area contributed by atoms with Crippen LogP contribution in [0.2, 0.25) is 0 Å². The van der Waals surface area contributed by atoms with E-state index in [9.17, 15) is 4.79 Å². The number of carbonyl (C=O) groups excluding carboxylic acids is 1. The molecule has 0 N–H and O–H groups in total. The third kappa shape index (κ3) is 2.47. The minimum Gasteiger partial charge on any atom is -0.339 e. The van der Waals surface area contributed by atoms with Gasteiger partial charge >= 0.3 is 0 Å². The Morgan fingerprint density at radius 3 is 2.57 bits per heavy atom. The van der Waals surface area contributed by atoms with Crippen molar-refractivity contribution in [2.24, 2.45) is 0 Å². The van der Waals surface area contributed by atoms with Crippen LogP contribution in [0, 0.1) is 0 Å². The summed E-state index contributed by atoms with van der Waals surface area (Å²) < 4.78 is 0. The summed E-state index contributed by atoms with van der Waals surface area (Å²) in [4.78, 5) is 13.8. The van der Waals surface area contributed by atoms with E-state index in [0.717, 1.165) is 31.5 Å². The van der Waals surface area contributed by atoms with Crippen LogP contribution < -0.4 is 0 Å². The summed E-state index contributed by atoms with van der Waals surface area (Å²) in [6, 6.07) is 0. The molecular weight excluding hydrogens is 174 g/mol. The SMILES string of the molecule is CCN(CC)C(=O)C1=CCCC(C)=C1. The van der Waals surface area contributed by atoms with Gasteiger partial charge in [0.05, 0.1) is 0 Å². The second-order valence-electron chi connectivity index (χ2n) is 3.67. The van der Waals surface area contributed by atoms with E-state index in [1.807, 2.05) is 30.9 Å². The zero-order valence-electron chi connectivity index (χ0n) is 9.34. The van der Waals surface area contributed by atoms with E-state index in [1.54, 1.807) is 0 Å². The summed E-state index contributed by atoms with van der Waals surface area (Å²) in [6.45, 7) is 7.70. The number of amides is 1. The fraction of sp³-hybridized carbons (Fsp3) is 0.583. The average molecular weight is 193 g/mol. The smallest absolute Gasteiger partial charge is 0.253 e. The van der Waals surface area contributed by atoms with Crippen molar-refractivity contribution in [1.82, 2.24) is 4.90 Å². The number of hydrogen-bond acceptors (Lipinski definition) is 1. The second-order valence-corrected chi connectivity index (χ2v) is 3.67. The Labute approximate surface area is 86.3 Å². The minimum absolute atomic E-state index is 0.175. The Bertz CT molecular complexity index is 272. The van der Waals surface area contributed by atoms with Crippen molar-refractivity contribution in [3.8, 4) is 0 Å². The highest BCUT2D eigenvalue weighted by Crippen LogP contribution is 2.18. The number of likely N-dealkylation sites (N-methyl/N-ethyl adjacent to an activating group) is 1. The van der Waals surface area contributed by atoms with Gasteiger partial charge in [-0.05, 0) is 33.6 Å². The number of hydrogen-bond donors (Lipinski definition) is 0. The van der Waals surface area contributed by atoms with Gasteiger partial charge in [-0.3, -0.25) is 4.79 Å². The van der Waals surface area contributed by atoms with Gasteiger partial charge < -0.3 is 4.90 Å². The van der Waals surface area contributed by atoms with E-state index in [0.29, 0.717) is 0 Å². The number of carbonyl (C=O) groups is 1. The van der Waals surface area contributed by atoms with Gasteiger partial charge in [0.2, 0.25) is 0 Å². The highest BCUT2D eigenvalue weighted by Gasteiger charge is 2.15. The lowest BCUT2D eigenvalue weighted by atomic mass is 10.00. The molecular formula is C12H19NO. The molecule has 1 aliphatic rings. The maximum absolute atomic E-state index is 11.9. The molecule has 0 aromatic heterocycles. The van der Waals surface area contributed by atoms with Crippen LogP contribution in [0.4, 0.5) is 0 Å². The summed E-state index contributed by atoms with van der Waals surface area (Å²) >= 11 is 0. The molecule has 1 rings (SSSR count). The third-order valence-corrected chi connectivity index (χ3v) is 2.60. The van der Waals surface area contributed by atoms with Crippen LogP contribution in [0.5, 0.6) is 0 Å². The normalized spacial score (nSPS) is 15.9. The topological polar surface area (TPSA) is 20.3 Å². The molecule has 0 aromatic rings. The molecule has 78 valence electrons. The standard InChI is InChI=1S/C12H19NO/c1-4-13(5-2)12(14)11-8-6-7-10(3)9-11/h8-9H,4-7H2,1-3H3. The van der Waals surface area contributed by atoms with E-state index >= 15 is 0 Å². The lowest BCUT2D eigenvalue weighted by Gasteiger charge is -2.20. The van der Waals surface area contributed by atoms with Crippen LogP contribution in [0.25, 0.3) is 0 Å². The summed E-state index contributed by atoms with van der Waals surface area (Å²) in [6.07, 6.45) is 6.16. The third-order valence-electron chi connectivity index (χ3n) is 2.60. The summed E-state index contributed by atoms with van der Waals surface area (Å²) in [5.41, 5.74) is 2.18. The molecule has 14 heavy (non-hydrogen) atoms. The maximum Gasteiger partial charge on any atom is 0.253 e. The molecule has 0 unspecified atom stereocenters. The van der Waals surface area contributed by atoms with Crippen molar-refractivity contribution >= 4 is 5.91 Å². The van der Waals surface area contributed by atoms with Gasteiger partial charge in [0.15, 0.2) is 0 Å². The van der Waals surface area contributed by atoms with Gasteiger partial charge in [-0.15, -0.1) is 0 Å². The van der Waals surface area contributed by atoms with E-state index in [1.165, 1.54) is 5.57 Å². The molecule has 0 aromatic carbocycles. The summed E-state index contributed by atoms with van der Waals surface area (Å²) in [5.74, 6) is 0.175. The molecule has 2 nitrogen and oxygen atoms in total. The Hall–Kier alpha value is -1.05. The first kappa shape index (κ1) is 11.0. The summed E-state index contributed by atoms with van der Waals surface area (Å²) in [7, 11) is 0. The van der Waals surface area contributed by atoms with Gasteiger partial charge in [-0.2, -0.15) is 0 Å². The highest BCUT2D eigenvalue weighted by atomic mass is 16.2. The van der Waals surface area contributed by atoms with Crippen LogP contribution in [0.3, 0.4) is 0 Å². The molecule has 0 fully saturated rings. The molecule has 1 aliphatic carbocycles. The molecule has 0 bridgehead atoms. The van der Waals surface area contributed by atoms with Gasteiger partial charge in [0.1, 0.15) is 0 Å². The maximum atomic E-state index is 11.9. The van der Waals surface area contributed by atoms with Crippen molar-refractivity contribution in [1.29, 1.82) is 0 Å².